The molecule has 3 nitrogen and oxygen atoms in total. The molecule has 1 heterocycles. The second-order valence-corrected chi connectivity index (χ2v) is 3.26. The molecule has 0 aliphatic carbocycles. The highest BCUT2D eigenvalue weighted by Crippen LogP contribution is 2.02. The van der Waals surface area contributed by atoms with E-state index in [1.165, 1.54) is 0 Å². The van der Waals surface area contributed by atoms with Crippen LogP contribution in [-0.4, -0.2) is 27.8 Å². The van der Waals surface area contributed by atoms with Crippen molar-refractivity contribution in [1.29, 1.82) is 0 Å². The molecule has 0 saturated carbocycles. The average Bonchev–Trinajstić information content (AvgIpc) is 2.66. The van der Waals surface area contributed by atoms with E-state index < -0.39 is 0 Å². The zero-order valence-corrected chi connectivity index (χ0v) is 8.98. The van der Waals surface area contributed by atoms with E-state index in [0.29, 0.717) is 13.1 Å². The van der Waals surface area contributed by atoms with Gasteiger partial charge in [0.05, 0.1) is 19.3 Å². The van der Waals surface area contributed by atoms with Crippen LogP contribution in [0.25, 0.3) is 0 Å². The molecule has 0 spiro atoms. The van der Waals surface area contributed by atoms with Crippen molar-refractivity contribution in [2.75, 3.05) is 13.1 Å². The van der Waals surface area contributed by atoms with Crippen molar-refractivity contribution >= 4 is 0 Å². The first kappa shape index (κ1) is 11.4. The van der Waals surface area contributed by atoms with Crippen molar-refractivity contribution in [2.24, 2.45) is 0 Å². The van der Waals surface area contributed by atoms with Gasteiger partial charge < -0.3 is 0 Å². The Bertz CT molecular complexity index is 362. The quantitative estimate of drug-likeness (QED) is 0.662. The molecule has 0 saturated heterocycles. The smallest absolute Gasteiger partial charge is 0.0610 e. The van der Waals surface area contributed by atoms with Gasteiger partial charge in [-0.2, -0.15) is 5.10 Å². The van der Waals surface area contributed by atoms with Crippen LogP contribution >= 0.6 is 0 Å². The normalized spacial score (nSPS) is 9.87. The SMILES string of the molecule is C#CCN(CC#C)Cc1cnn(CC)c1. The molecule has 0 aliphatic rings. The molecule has 78 valence electrons. The Morgan fingerprint density at radius 3 is 2.53 bits per heavy atom. The van der Waals surface area contributed by atoms with Gasteiger partial charge in [0, 0.05) is 24.8 Å². The van der Waals surface area contributed by atoms with Crippen LogP contribution in [0.4, 0.5) is 0 Å². The Balaban J connectivity index is 2.58. The van der Waals surface area contributed by atoms with E-state index in [9.17, 15) is 0 Å². The fourth-order valence-electron chi connectivity index (χ4n) is 1.35. The lowest BCUT2D eigenvalue weighted by molar-refractivity contribution is 0.337. The predicted octanol–water partition coefficient (Wildman–Crippen LogP) is 0.971. The van der Waals surface area contributed by atoms with Gasteiger partial charge in [-0.1, -0.05) is 11.8 Å². The van der Waals surface area contributed by atoms with Gasteiger partial charge in [-0.15, -0.1) is 12.8 Å². The van der Waals surface area contributed by atoms with E-state index in [1.54, 1.807) is 0 Å². The minimum atomic E-state index is 0.571. The second-order valence-electron chi connectivity index (χ2n) is 3.26. The van der Waals surface area contributed by atoms with Crippen molar-refractivity contribution in [3.8, 4) is 24.7 Å². The maximum Gasteiger partial charge on any atom is 0.0610 e. The molecule has 1 aromatic rings. The van der Waals surface area contributed by atoms with Gasteiger partial charge >= 0.3 is 0 Å². The first-order valence-corrected chi connectivity index (χ1v) is 4.90. The number of aromatic nitrogens is 2. The molecule has 1 rings (SSSR count). The summed E-state index contributed by atoms with van der Waals surface area (Å²) >= 11 is 0. The molecule has 0 bridgehead atoms. The number of terminal acetylenes is 2. The Morgan fingerprint density at radius 2 is 2.07 bits per heavy atom. The lowest BCUT2D eigenvalue weighted by atomic mass is 10.3. The average molecular weight is 201 g/mol. The number of aryl methyl sites for hydroxylation is 1. The van der Waals surface area contributed by atoms with Gasteiger partial charge in [0.2, 0.25) is 0 Å². The Hall–Kier alpha value is -1.71. The zero-order valence-electron chi connectivity index (χ0n) is 8.98. The summed E-state index contributed by atoms with van der Waals surface area (Å²) in [5, 5.41) is 4.19. The summed E-state index contributed by atoms with van der Waals surface area (Å²) in [6.45, 7) is 4.83. The molecule has 0 unspecified atom stereocenters. The van der Waals surface area contributed by atoms with Crippen LogP contribution in [0.5, 0.6) is 0 Å². The van der Waals surface area contributed by atoms with Gasteiger partial charge in [0.1, 0.15) is 0 Å². The molecule has 0 aliphatic heterocycles. The number of hydrogen-bond acceptors (Lipinski definition) is 2. The Kier molecular flexibility index (Phi) is 4.47. The molecule has 15 heavy (non-hydrogen) atoms. The highest BCUT2D eigenvalue weighted by Gasteiger charge is 2.04. The number of rotatable bonds is 5. The summed E-state index contributed by atoms with van der Waals surface area (Å²) in [4.78, 5) is 2.02. The standard InChI is InChI=1S/C12H15N3/c1-4-7-14(8-5-2)10-12-9-13-15(6-3)11-12/h1-2,9,11H,6-8,10H2,3H3. The topological polar surface area (TPSA) is 21.1 Å². The zero-order chi connectivity index (χ0) is 11.1. The second kappa shape index (κ2) is 5.90. The molecule has 0 N–H and O–H groups in total. The van der Waals surface area contributed by atoms with E-state index in [1.807, 2.05) is 22.0 Å². The molecule has 1 aromatic heterocycles. The highest BCUT2D eigenvalue weighted by molar-refractivity contribution is 5.06. The third kappa shape index (κ3) is 3.50. The van der Waals surface area contributed by atoms with E-state index in [4.69, 9.17) is 12.8 Å². The molecule has 3 heteroatoms. The third-order valence-corrected chi connectivity index (χ3v) is 2.05. The number of nitrogens with zero attached hydrogens (tertiary/aromatic N) is 3. The van der Waals surface area contributed by atoms with E-state index >= 15 is 0 Å². The van der Waals surface area contributed by atoms with Crippen LogP contribution < -0.4 is 0 Å². The van der Waals surface area contributed by atoms with Crippen LogP contribution in [0, 0.1) is 24.7 Å². The van der Waals surface area contributed by atoms with E-state index in [2.05, 4.69) is 23.9 Å². The van der Waals surface area contributed by atoms with Gasteiger partial charge in [0.25, 0.3) is 0 Å². The van der Waals surface area contributed by atoms with E-state index in [0.717, 1.165) is 18.7 Å². The molecular weight excluding hydrogens is 186 g/mol. The van der Waals surface area contributed by atoms with Crippen molar-refractivity contribution in [2.45, 2.75) is 20.0 Å². The maximum absolute atomic E-state index is 5.26. The lowest BCUT2D eigenvalue weighted by Crippen LogP contribution is -2.23. The minimum Gasteiger partial charge on any atom is -0.277 e. The predicted molar refractivity (Wildman–Crippen MR) is 60.8 cm³/mol. The summed E-state index contributed by atoms with van der Waals surface area (Å²) in [5.74, 6) is 5.19. The molecule has 0 aromatic carbocycles. The van der Waals surface area contributed by atoms with Gasteiger partial charge in [-0.3, -0.25) is 9.58 Å². The van der Waals surface area contributed by atoms with Crippen LogP contribution in [0.15, 0.2) is 12.4 Å². The lowest BCUT2D eigenvalue weighted by Gasteiger charge is -2.14. The van der Waals surface area contributed by atoms with Crippen LogP contribution in [0.3, 0.4) is 0 Å². The largest absolute Gasteiger partial charge is 0.277 e. The summed E-state index contributed by atoms with van der Waals surface area (Å²) < 4.78 is 1.89. The minimum absolute atomic E-state index is 0.571. The van der Waals surface area contributed by atoms with Gasteiger partial charge in [-0.25, -0.2) is 0 Å². The Morgan fingerprint density at radius 1 is 1.40 bits per heavy atom. The van der Waals surface area contributed by atoms with Crippen molar-refractivity contribution < 1.29 is 0 Å². The van der Waals surface area contributed by atoms with Gasteiger partial charge in [0.15, 0.2) is 0 Å². The third-order valence-electron chi connectivity index (χ3n) is 2.05. The fraction of sp³-hybridized carbons (Fsp3) is 0.417. The number of hydrogen-bond donors (Lipinski definition) is 0. The van der Waals surface area contributed by atoms with Crippen molar-refractivity contribution in [1.82, 2.24) is 14.7 Å². The fourth-order valence-corrected chi connectivity index (χ4v) is 1.35. The summed E-state index contributed by atoms with van der Waals surface area (Å²) in [6.07, 6.45) is 14.4. The highest BCUT2D eigenvalue weighted by atomic mass is 15.3. The monoisotopic (exact) mass is 201 g/mol. The van der Waals surface area contributed by atoms with E-state index in [-0.39, 0.29) is 0 Å². The first-order chi connectivity index (χ1) is 7.30. The Labute approximate surface area is 91.1 Å². The summed E-state index contributed by atoms with van der Waals surface area (Å²) in [7, 11) is 0. The molecule has 0 amide bonds. The summed E-state index contributed by atoms with van der Waals surface area (Å²) in [6, 6.07) is 0. The van der Waals surface area contributed by atoms with Crippen LogP contribution in [0.1, 0.15) is 12.5 Å². The van der Waals surface area contributed by atoms with Crippen molar-refractivity contribution in [3.63, 3.8) is 0 Å². The van der Waals surface area contributed by atoms with Crippen LogP contribution in [0.2, 0.25) is 0 Å². The molecule has 0 fully saturated rings. The van der Waals surface area contributed by atoms with Gasteiger partial charge in [-0.05, 0) is 6.92 Å². The first-order valence-electron chi connectivity index (χ1n) is 4.90. The van der Waals surface area contributed by atoms with Crippen LogP contribution in [-0.2, 0) is 13.1 Å². The molecule has 0 atom stereocenters. The summed E-state index contributed by atoms with van der Waals surface area (Å²) in [5.41, 5.74) is 1.14. The maximum atomic E-state index is 5.26. The molecule has 0 radical (unpaired) electrons. The molecular formula is C12H15N3. The van der Waals surface area contributed by atoms with Crippen molar-refractivity contribution in [3.05, 3.63) is 18.0 Å².